The second-order valence-electron chi connectivity index (χ2n) is 4.27. The molecule has 1 aromatic carbocycles. The first-order valence-corrected chi connectivity index (χ1v) is 5.61. The molecule has 3 nitrogen and oxygen atoms in total. The maximum absolute atomic E-state index is 12.9. The summed E-state index contributed by atoms with van der Waals surface area (Å²) in [5.74, 6) is 0. The van der Waals surface area contributed by atoms with Crippen molar-refractivity contribution in [3.63, 3.8) is 0 Å². The number of rotatable bonds is 2. The van der Waals surface area contributed by atoms with Crippen LogP contribution in [0.2, 0.25) is 0 Å². The minimum atomic E-state index is -4.78. The summed E-state index contributed by atoms with van der Waals surface area (Å²) >= 11 is 0. The number of aromatic amines is 1. The topological polar surface area (TPSA) is 44.9 Å². The highest BCUT2D eigenvalue weighted by molar-refractivity contribution is 5.85. The van der Waals surface area contributed by atoms with Crippen molar-refractivity contribution in [3.8, 4) is 0 Å². The Morgan fingerprint density at radius 3 is 2.29 bits per heavy atom. The molecule has 0 saturated carbocycles. The third-order valence-electron chi connectivity index (χ3n) is 2.64. The molecule has 0 aliphatic rings. The maximum atomic E-state index is 12.9. The number of hydrogen-bond donors (Lipinski definition) is 2. The lowest BCUT2D eigenvalue weighted by Gasteiger charge is -2.13. The van der Waals surface area contributed by atoms with Gasteiger partial charge in [0.1, 0.15) is 6.54 Å². The van der Waals surface area contributed by atoms with Crippen molar-refractivity contribution in [3.05, 3.63) is 40.2 Å². The van der Waals surface area contributed by atoms with Crippen molar-refractivity contribution in [1.82, 2.24) is 4.98 Å². The van der Waals surface area contributed by atoms with Crippen LogP contribution in [0, 0.1) is 0 Å². The van der Waals surface area contributed by atoms with Crippen molar-refractivity contribution in [2.45, 2.75) is 12.4 Å². The van der Waals surface area contributed by atoms with Crippen LogP contribution in [0.4, 0.5) is 32.0 Å². The van der Waals surface area contributed by atoms with Gasteiger partial charge < -0.3 is 10.3 Å². The van der Waals surface area contributed by atoms with Crippen molar-refractivity contribution >= 4 is 16.6 Å². The molecule has 21 heavy (non-hydrogen) atoms. The van der Waals surface area contributed by atoms with Gasteiger partial charge in [0.15, 0.2) is 0 Å². The number of benzene rings is 1. The molecule has 2 aromatic rings. The number of pyridine rings is 1. The zero-order valence-corrected chi connectivity index (χ0v) is 10.2. The summed E-state index contributed by atoms with van der Waals surface area (Å²) in [6, 6.07) is 3.56. The van der Waals surface area contributed by atoms with Gasteiger partial charge in [-0.15, -0.1) is 0 Å². The molecular weight excluding hydrogens is 302 g/mol. The highest BCUT2D eigenvalue weighted by Gasteiger charge is 2.33. The highest BCUT2D eigenvalue weighted by atomic mass is 19.4. The Kier molecular flexibility index (Phi) is 3.60. The van der Waals surface area contributed by atoms with Gasteiger partial charge in [0.25, 0.3) is 0 Å². The highest BCUT2D eigenvalue weighted by Crippen LogP contribution is 2.34. The van der Waals surface area contributed by atoms with Crippen molar-refractivity contribution in [2.24, 2.45) is 0 Å². The van der Waals surface area contributed by atoms with Crippen LogP contribution in [-0.2, 0) is 6.18 Å². The minimum Gasteiger partial charge on any atom is -0.376 e. The van der Waals surface area contributed by atoms with E-state index in [9.17, 15) is 31.1 Å². The summed E-state index contributed by atoms with van der Waals surface area (Å²) in [5, 5.41) is 1.61. The zero-order chi connectivity index (χ0) is 15.8. The number of hydrogen-bond acceptors (Lipinski definition) is 2. The van der Waals surface area contributed by atoms with E-state index in [1.54, 1.807) is 0 Å². The molecule has 0 atom stereocenters. The summed E-state index contributed by atoms with van der Waals surface area (Å²) < 4.78 is 74.8. The Morgan fingerprint density at radius 1 is 1.05 bits per heavy atom. The first-order chi connectivity index (χ1) is 9.56. The van der Waals surface area contributed by atoms with E-state index < -0.39 is 30.0 Å². The number of halogens is 6. The van der Waals surface area contributed by atoms with E-state index in [-0.39, 0.29) is 16.6 Å². The van der Waals surface area contributed by atoms with Gasteiger partial charge in [0.05, 0.1) is 5.56 Å². The van der Waals surface area contributed by atoms with Crippen LogP contribution in [0.1, 0.15) is 5.56 Å². The summed E-state index contributed by atoms with van der Waals surface area (Å²) in [4.78, 5) is 13.4. The fraction of sp³-hybridized carbons (Fsp3) is 0.250. The van der Waals surface area contributed by atoms with Crippen LogP contribution >= 0.6 is 0 Å². The van der Waals surface area contributed by atoms with Crippen LogP contribution in [0.3, 0.4) is 0 Å². The molecular formula is C12H8F6N2O. The number of fused-ring (bicyclic) bond motifs is 1. The van der Waals surface area contributed by atoms with E-state index in [0.717, 1.165) is 18.2 Å². The molecule has 1 aromatic heterocycles. The monoisotopic (exact) mass is 310 g/mol. The molecule has 1 heterocycles. The molecule has 0 aliphatic carbocycles. The first-order valence-electron chi connectivity index (χ1n) is 5.61. The van der Waals surface area contributed by atoms with Gasteiger partial charge in [-0.05, 0) is 18.2 Å². The largest absolute Gasteiger partial charge is 0.417 e. The molecule has 0 amide bonds. The maximum Gasteiger partial charge on any atom is 0.417 e. The number of nitrogens with one attached hydrogen (secondary N) is 2. The molecule has 2 rings (SSSR count). The van der Waals surface area contributed by atoms with Gasteiger partial charge in [-0.1, -0.05) is 0 Å². The van der Waals surface area contributed by atoms with Gasteiger partial charge in [0.2, 0.25) is 5.56 Å². The van der Waals surface area contributed by atoms with Gasteiger partial charge >= 0.3 is 12.4 Å². The number of H-pyrrole nitrogens is 1. The molecule has 9 heteroatoms. The SMILES string of the molecule is O=c1cc(C(F)(F)F)c2cc(NCC(F)(F)F)ccc2[nH]1. The molecule has 0 radical (unpaired) electrons. The molecule has 0 fully saturated rings. The number of anilines is 1. The molecule has 2 N–H and O–H groups in total. The van der Waals surface area contributed by atoms with Crippen LogP contribution in [0.15, 0.2) is 29.1 Å². The molecule has 0 bridgehead atoms. The van der Waals surface area contributed by atoms with E-state index in [1.807, 2.05) is 5.32 Å². The molecule has 0 aliphatic heterocycles. The normalized spacial score (nSPS) is 12.7. The van der Waals surface area contributed by atoms with Gasteiger partial charge in [-0.2, -0.15) is 26.3 Å². The lowest BCUT2D eigenvalue weighted by Crippen LogP contribution is -2.21. The van der Waals surface area contributed by atoms with E-state index in [4.69, 9.17) is 0 Å². The minimum absolute atomic E-state index is 0.104. The van der Waals surface area contributed by atoms with Crippen LogP contribution in [0.25, 0.3) is 10.9 Å². The molecule has 0 unspecified atom stereocenters. The summed E-state index contributed by atoms with van der Waals surface area (Å²) in [6.45, 7) is -1.37. The third-order valence-corrected chi connectivity index (χ3v) is 2.64. The quantitative estimate of drug-likeness (QED) is 0.834. The predicted molar refractivity (Wildman–Crippen MR) is 64.1 cm³/mol. The van der Waals surface area contributed by atoms with Crippen molar-refractivity contribution in [2.75, 3.05) is 11.9 Å². The average molecular weight is 310 g/mol. The van der Waals surface area contributed by atoms with Crippen LogP contribution in [-0.4, -0.2) is 17.7 Å². The Balaban J connectivity index is 2.51. The Labute approximate surface area is 113 Å². The van der Waals surface area contributed by atoms with Crippen LogP contribution in [0.5, 0.6) is 0 Å². The average Bonchev–Trinajstić information content (AvgIpc) is 2.33. The summed E-state index contributed by atoms with van der Waals surface area (Å²) in [7, 11) is 0. The number of alkyl halides is 6. The molecule has 114 valence electrons. The fourth-order valence-electron chi connectivity index (χ4n) is 1.80. The van der Waals surface area contributed by atoms with Crippen LogP contribution < -0.4 is 10.9 Å². The van der Waals surface area contributed by atoms with E-state index in [2.05, 4.69) is 4.98 Å². The standard InChI is InChI=1S/C12H8F6N2O/c13-11(14,15)5-19-6-1-2-9-7(3-6)8(12(16,17)18)4-10(21)20-9/h1-4,19H,5H2,(H,20,21). The fourth-order valence-corrected chi connectivity index (χ4v) is 1.80. The lowest BCUT2D eigenvalue weighted by molar-refractivity contribution is -0.136. The summed E-state index contributed by atoms with van der Waals surface area (Å²) in [5.41, 5.74) is -2.37. The summed E-state index contributed by atoms with van der Waals surface area (Å²) in [6.07, 6.45) is -9.28. The smallest absolute Gasteiger partial charge is 0.376 e. The second-order valence-corrected chi connectivity index (χ2v) is 4.27. The van der Waals surface area contributed by atoms with Crippen molar-refractivity contribution in [1.29, 1.82) is 0 Å². The second kappa shape index (κ2) is 4.97. The first kappa shape index (κ1) is 15.2. The lowest BCUT2D eigenvalue weighted by atomic mass is 10.1. The number of aromatic nitrogens is 1. The Hall–Kier alpha value is -2.19. The zero-order valence-electron chi connectivity index (χ0n) is 10.2. The Bertz CT molecular complexity index is 716. The third kappa shape index (κ3) is 3.67. The van der Waals surface area contributed by atoms with Gasteiger partial charge in [-0.25, -0.2) is 0 Å². The Morgan fingerprint density at radius 2 is 1.71 bits per heavy atom. The van der Waals surface area contributed by atoms with E-state index >= 15 is 0 Å². The predicted octanol–water partition coefficient (Wildman–Crippen LogP) is 3.52. The molecule has 0 saturated heterocycles. The van der Waals surface area contributed by atoms with Gasteiger partial charge in [-0.3, -0.25) is 4.79 Å². The van der Waals surface area contributed by atoms with Crippen molar-refractivity contribution < 1.29 is 26.3 Å². The van der Waals surface area contributed by atoms with Gasteiger partial charge in [0, 0.05) is 22.7 Å². The molecule has 0 spiro atoms. The van der Waals surface area contributed by atoms with E-state index in [0.29, 0.717) is 6.07 Å². The van der Waals surface area contributed by atoms with E-state index in [1.165, 1.54) is 0 Å².